The molecule has 1 nitrogen and oxygen atoms in total. The van der Waals surface area contributed by atoms with Crippen molar-refractivity contribution in [1.82, 2.24) is 0 Å². The minimum Gasteiger partial charge on any atom is -0.469 e. The Hall–Kier alpha value is -0.630. The molecule has 1 aromatic heterocycles. The van der Waals surface area contributed by atoms with Gasteiger partial charge in [0.25, 0.3) is 0 Å². The Kier molecular flexibility index (Phi) is 1.34. The molecule has 1 aliphatic rings. The standard InChI is InChI=1S/C8H8OS/c10-8-4-5-9-7-3-1-2-6(7)8/h4-5H,1-3H2. The SMILES string of the molecule is S=c1ccoc2c1CCC2. The molecule has 0 amide bonds. The molecule has 2 heteroatoms. The second-order valence-corrected chi connectivity index (χ2v) is 2.98. The van der Waals surface area contributed by atoms with Gasteiger partial charge in [0.1, 0.15) is 5.76 Å². The second kappa shape index (κ2) is 2.20. The predicted octanol–water partition coefficient (Wildman–Crippen LogP) is 2.50. The zero-order chi connectivity index (χ0) is 6.97. The average Bonchev–Trinajstić information content (AvgIpc) is 2.36. The molecule has 10 heavy (non-hydrogen) atoms. The van der Waals surface area contributed by atoms with E-state index in [9.17, 15) is 0 Å². The molecule has 0 aromatic carbocycles. The molecule has 0 atom stereocenters. The fourth-order valence-corrected chi connectivity index (χ4v) is 1.66. The molecule has 2 rings (SSSR count). The lowest BCUT2D eigenvalue weighted by molar-refractivity contribution is 0.500. The van der Waals surface area contributed by atoms with Crippen LogP contribution in [0.1, 0.15) is 17.7 Å². The lowest BCUT2D eigenvalue weighted by Crippen LogP contribution is -1.80. The first-order chi connectivity index (χ1) is 4.88. The van der Waals surface area contributed by atoms with Crippen LogP contribution in [0.15, 0.2) is 16.7 Å². The summed E-state index contributed by atoms with van der Waals surface area (Å²) in [6.07, 6.45) is 5.07. The van der Waals surface area contributed by atoms with Gasteiger partial charge in [0.15, 0.2) is 0 Å². The van der Waals surface area contributed by atoms with Crippen molar-refractivity contribution in [2.75, 3.05) is 0 Å². The van der Waals surface area contributed by atoms with Crippen LogP contribution in [0.5, 0.6) is 0 Å². The van der Waals surface area contributed by atoms with Gasteiger partial charge in [-0.25, -0.2) is 0 Å². The highest BCUT2D eigenvalue weighted by Gasteiger charge is 2.12. The fourth-order valence-electron chi connectivity index (χ4n) is 1.39. The summed E-state index contributed by atoms with van der Waals surface area (Å²) in [6, 6.07) is 1.86. The molecular formula is C8H8OS. The third-order valence-corrected chi connectivity index (χ3v) is 2.28. The minimum absolute atomic E-state index is 0.971. The van der Waals surface area contributed by atoms with Gasteiger partial charge in [-0.05, 0) is 18.9 Å². The van der Waals surface area contributed by atoms with Crippen LogP contribution < -0.4 is 0 Å². The van der Waals surface area contributed by atoms with E-state index in [1.165, 1.54) is 12.0 Å². The van der Waals surface area contributed by atoms with Crippen molar-refractivity contribution in [2.45, 2.75) is 19.3 Å². The van der Waals surface area contributed by atoms with E-state index in [0.717, 1.165) is 23.1 Å². The van der Waals surface area contributed by atoms with E-state index in [0.29, 0.717) is 0 Å². The van der Waals surface area contributed by atoms with Crippen molar-refractivity contribution in [3.05, 3.63) is 28.2 Å². The molecule has 1 aliphatic carbocycles. The Balaban J connectivity index is 2.70. The first-order valence-corrected chi connectivity index (χ1v) is 3.88. The van der Waals surface area contributed by atoms with Crippen molar-refractivity contribution in [3.8, 4) is 0 Å². The third-order valence-electron chi connectivity index (χ3n) is 1.89. The van der Waals surface area contributed by atoms with Crippen LogP contribution in [0.4, 0.5) is 0 Å². The molecule has 0 saturated heterocycles. The summed E-state index contributed by atoms with van der Waals surface area (Å²) in [5.41, 5.74) is 1.26. The summed E-state index contributed by atoms with van der Waals surface area (Å²) in [6.45, 7) is 0. The molecular weight excluding hydrogens is 144 g/mol. The Morgan fingerprint density at radius 1 is 1.40 bits per heavy atom. The number of aryl methyl sites for hydroxylation is 1. The van der Waals surface area contributed by atoms with Crippen molar-refractivity contribution in [2.24, 2.45) is 0 Å². The van der Waals surface area contributed by atoms with Crippen molar-refractivity contribution >= 4 is 12.2 Å². The third kappa shape index (κ3) is 0.797. The van der Waals surface area contributed by atoms with Gasteiger partial charge < -0.3 is 4.42 Å². The van der Waals surface area contributed by atoms with Crippen molar-refractivity contribution in [3.63, 3.8) is 0 Å². The minimum atomic E-state index is 0.971. The van der Waals surface area contributed by atoms with E-state index < -0.39 is 0 Å². The van der Waals surface area contributed by atoms with E-state index in [-0.39, 0.29) is 0 Å². The van der Waals surface area contributed by atoms with Gasteiger partial charge in [0.05, 0.1) is 6.26 Å². The molecule has 0 spiro atoms. The van der Waals surface area contributed by atoms with Crippen molar-refractivity contribution in [1.29, 1.82) is 0 Å². The van der Waals surface area contributed by atoms with Gasteiger partial charge in [-0.3, -0.25) is 0 Å². The molecule has 0 N–H and O–H groups in total. The Morgan fingerprint density at radius 3 is 3.10 bits per heavy atom. The van der Waals surface area contributed by atoms with Gasteiger partial charge in [-0.1, -0.05) is 12.2 Å². The van der Waals surface area contributed by atoms with E-state index in [1.54, 1.807) is 6.26 Å². The lowest BCUT2D eigenvalue weighted by Gasteiger charge is -1.94. The molecule has 1 heterocycles. The van der Waals surface area contributed by atoms with E-state index >= 15 is 0 Å². The quantitative estimate of drug-likeness (QED) is 0.530. The maximum atomic E-state index is 5.28. The first kappa shape index (κ1) is 6.10. The largest absolute Gasteiger partial charge is 0.469 e. The first-order valence-electron chi connectivity index (χ1n) is 3.47. The number of fused-ring (bicyclic) bond motifs is 1. The van der Waals surface area contributed by atoms with Gasteiger partial charge in [-0.15, -0.1) is 0 Å². The van der Waals surface area contributed by atoms with E-state index in [2.05, 4.69) is 0 Å². The van der Waals surface area contributed by atoms with Crippen LogP contribution in [0.2, 0.25) is 0 Å². The maximum absolute atomic E-state index is 5.28. The van der Waals surface area contributed by atoms with Crippen LogP contribution in [-0.2, 0) is 12.8 Å². The zero-order valence-corrected chi connectivity index (χ0v) is 6.41. The Morgan fingerprint density at radius 2 is 2.30 bits per heavy atom. The molecule has 0 radical (unpaired) electrons. The van der Waals surface area contributed by atoms with Gasteiger partial charge in [0.2, 0.25) is 0 Å². The van der Waals surface area contributed by atoms with Crippen LogP contribution in [0.3, 0.4) is 0 Å². The highest BCUT2D eigenvalue weighted by Crippen LogP contribution is 2.21. The number of hydrogen-bond donors (Lipinski definition) is 0. The van der Waals surface area contributed by atoms with E-state index in [4.69, 9.17) is 16.6 Å². The molecule has 0 aliphatic heterocycles. The molecule has 0 fully saturated rings. The van der Waals surface area contributed by atoms with Gasteiger partial charge >= 0.3 is 0 Å². The Labute approximate surface area is 64.7 Å². The van der Waals surface area contributed by atoms with Crippen LogP contribution in [0, 0.1) is 4.51 Å². The molecule has 52 valence electrons. The van der Waals surface area contributed by atoms with Gasteiger partial charge in [-0.2, -0.15) is 0 Å². The molecule has 0 bridgehead atoms. The second-order valence-electron chi connectivity index (χ2n) is 2.54. The molecule has 0 unspecified atom stereocenters. The topological polar surface area (TPSA) is 13.1 Å². The number of hydrogen-bond acceptors (Lipinski definition) is 2. The van der Waals surface area contributed by atoms with E-state index in [1.807, 2.05) is 6.07 Å². The average molecular weight is 152 g/mol. The highest BCUT2D eigenvalue weighted by molar-refractivity contribution is 7.71. The summed E-state index contributed by atoms with van der Waals surface area (Å²) in [5, 5.41) is 0. The van der Waals surface area contributed by atoms with Crippen LogP contribution in [-0.4, -0.2) is 0 Å². The molecule has 0 saturated carbocycles. The highest BCUT2D eigenvalue weighted by atomic mass is 32.1. The van der Waals surface area contributed by atoms with Crippen LogP contribution in [0.25, 0.3) is 0 Å². The summed E-state index contributed by atoms with van der Waals surface area (Å²) >= 11 is 5.12. The maximum Gasteiger partial charge on any atom is 0.108 e. The predicted molar refractivity (Wildman–Crippen MR) is 41.6 cm³/mol. The monoisotopic (exact) mass is 152 g/mol. The summed E-state index contributed by atoms with van der Waals surface area (Å²) in [5.74, 6) is 1.10. The van der Waals surface area contributed by atoms with Crippen molar-refractivity contribution < 1.29 is 4.42 Å². The summed E-state index contributed by atoms with van der Waals surface area (Å²) in [4.78, 5) is 0. The normalized spacial score (nSPS) is 15.2. The smallest absolute Gasteiger partial charge is 0.108 e. The molecule has 1 aromatic rings. The zero-order valence-electron chi connectivity index (χ0n) is 5.59. The number of rotatable bonds is 0. The fraction of sp³-hybridized carbons (Fsp3) is 0.375. The van der Waals surface area contributed by atoms with Gasteiger partial charge in [0, 0.05) is 16.5 Å². The Bertz CT molecular complexity index is 300. The summed E-state index contributed by atoms with van der Waals surface area (Å²) < 4.78 is 6.25. The van der Waals surface area contributed by atoms with Crippen LogP contribution >= 0.6 is 12.2 Å². The lowest BCUT2D eigenvalue weighted by atomic mass is 10.2. The summed E-state index contributed by atoms with van der Waals surface area (Å²) in [7, 11) is 0.